The number of aromatic carboxylic acids is 1. The lowest BCUT2D eigenvalue weighted by atomic mass is 9.87. The maximum Gasteiger partial charge on any atom is 0.356 e. The number of carbonyl (C=O) groups is 1. The molecule has 3 aromatic rings. The van der Waals surface area contributed by atoms with Gasteiger partial charge in [0.2, 0.25) is 0 Å². The smallest absolute Gasteiger partial charge is 0.356 e. The number of carboxylic acids is 1. The molecular weight excluding hydrogens is 380 g/mol. The minimum atomic E-state index is -1.13. The summed E-state index contributed by atoms with van der Waals surface area (Å²) in [6, 6.07) is 12.1. The van der Waals surface area contributed by atoms with Crippen LogP contribution < -0.4 is 10.1 Å². The Balaban J connectivity index is 2.48. The van der Waals surface area contributed by atoms with Gasteiger partial charge in [0.05, 0.1) is 18.4 Å². The summed E-state index contributed by atoms with van der Waals surface area (Å²) in [5.74, 6) is -0.264. The minimum absolute atomic E-state index is 0.0925. The first kappa shape index (κ1) is 20.9. The predicted octanol–water partition coefficient (Wildman–Crippen LogP) is 4.36. The number of aromatic nitrogens is 2. The average molecular weight is 404 g/mol. The molecule has 1 heterocycles. The minimum Gasteiger partial charge on any atom is -0.494 e. The number of hydrogen-bond donors (Lipinski definition) is 2. The molecule has 0 saturated carbocycles. The SMILES string of the molecule is CNc1c(C#N)c(CC(C)C)c(-c2ccccc2)c(OC)c1-n1cnc(C(=O)O)c1. The van der Waals surface area contributed by atoms with Gasteiger partial charge in [0.1, 0.15) is 18.1 Å². The average Bonchev–Trinajstić information content (AvgIpc) is 3.22. The second kappa shape index (κ2) is 8.70. The van der Waals surface area contributed by atoms with Gasteiger partial charge in [-0.2, -0.15) is 5.26 Å². The van der Waals surface area contributed by atoms with Crippen LogP contribution in [0.25, 0.3) is 16.8 Å². The summed E-state index contributed by atoms with van der Waals surface area (Å²) in [6.45, 7) is 4.20. The zero-order valence-electron chi connectivity index (χ0n) is 17.4. The number of anilines is 1. The molecule has 7 nitrogen and oxygen atoms in total. The van der Waals surface area contributed by atoms with Crippen LogP contribution in [-0.4, -0.2) is 34.8 Å². The molecule has 0 atom stereocenters. The van der Waals surface area contributed by atoms with Crippen LogP contribution in [0, 0.1) is 17.2 Å². The highest BCUT2D eigenvalue weighted by Gasteiger charge is 2.27. The van der Waals surface area contributed by atoms with Crippen LogP contribution in [0.3, 0.4) is 0 Å². The molecule has 30 heavy (non-hydrogen) atoms. The predicted molar refractivity (Wildman–Crippen MR) is 115 cm³/mol. The van der Waals surface area contributed by atoms with Crippen LogP contribution in [-0.2, 0) is 6.42 Å². The second-order valence-corrected chi connectivity index (χ2v) is 7.28. The first-order valence-corrected chi connectivity index (χ1v) is 9.60. The van der Waals surface area contributed by atoms with Gasteiger partial charge in [-0.05, 0) is 23.5 Å². The number of rotatable bonds is 7. The Morgan fingerprint density at radius 1 is 1.33 bits per heavy atom. The van der Waals surface area contributed by atoms with Gasteiger partial charge < -0.3 is 19.7 Å². The number of benzene rings is 2. The molecule has 0 radical (unpaired) electrons. The van der Waals surface area contributed by atoms with Gasteiger partial charge in [-0.1, -0.05) is 44.2 Å². The maximum absolute atomic E-state index is 11.4. The number of carboxylic acid groups (broad SMARTS) is 1. The van der Waals surface area contributed by atoms with Crippen molar-refractivity contribution in [2.24, 2.45) is 5.92 Å². The Morgan fingerprint density at radius 3 is 2.53 bits per heavy atom. The summed E-state index contributed by atoms with van der Waals surface area (Å²) in [5, 5.41) is 22.5. The monoisotopic (exact) mass is 404 g/mol. The van der Waals surface area contributed by atoms with Gasteiger partial charge in [0.15, 0.2) is 11.4 Å². The van der Waals surface area contributed by atoms with E-state index in [4.69, 9.17) is 4.74 Å². The van der Waals surface area contributed by atoms with Crippen molar-refractivity contribution in [1.82, 2.24) is 9.55 Å². The van der Waals surface area contributed by atoms with E-state index in [9.17, 15) is 15.2 Å². The number of nitrogens with one attached hydrogen (secondary N) is 1. The first-order chi connectivity index (χ1) is 14.4. The van der Waals surface area contributed by atoms with Crippen LogP contribution in [0.4, 0.5) is 5.69 Å². The van der Waals surface area contributed by atoms with Gasteiger partial charge in [-0.3, -0.25) is 0 Å². The van der Waals surface area contributed by atoms with Crippen LogP contribution in [0.5, 0.6) is 5.75 Å². The van der Waals surface area contributed by atoms with Crippen molar-refractivity contribution in [3.05, 3.63) is 59.7 Å². The lowest BCUT2D eigenvalue weighted by molar-refractivity contribution is 0.0691. The second-order valence-electron chi connectivity index (χ2n) is 7.28. The van der Waals surface area contributed by atoms with Crippen molar-refractivity contribution in [2.75, 3.05) is 19.5 Å². The molecule has 0 fully saturated rings. The van der Waals surface area contributed by atoms with E-state index in [2.05, 4.69) is 30.2 Å². The molecule has 0 aliphatic heterocycles. The van der Waals surface area contributed by atoms with E-state index in [1.54, 1.807) is 18.7 Å². The summed E-state index contributed by atoms with van der Waals surface area (Å²) in [6.07, 6.45) is 3.52. The number of imidazole rings is 1. The lowest BCUT2D eigenvalue weighted by Crippen LogP contribution is -2.11. The van der Waals surface area contributed by atoms with Crippen LogP contribution in [0.1, 0.15) is 35.5 Å². The molecular formula is C23H24N4O3. The highest BCUT2D eigenvalue weighted by Crippen LogP contribution is 2.46. The van der Waals surface area contributed by atoms with Crippen molar-refractivity contribution < 1.29 is 14.6 Å². The zero-order chi connectivity index (χ0) is 21.8. The van der Waals surface area contributed by atoms with E-state index in [0.29, 0.717) is 35.0 Å². The molecule has 3 rings (SSSR count). The molecule has 0 aliphatic rings. The van der Waals surface area contributed by atoms with Crippen molar-refractivity contribution in [1.29, 1.82) is 5.26 Å². The Kier molecular flexibility index (Phi) is 6.07. The van der Waals surface area contributed by atoms with Gasteiger partial charge in [0.25, 0.3) is 0 Å². The molecule has 7 heteroatoms. The first-order valence-electron chi connectivity index (χ1n) is 9.60. The summed E-state index contributed by atoms with van der Waals surface area (Å²) >= 11 is 0. The fourth-order valence-corrected chi connectivity index (χ4v) is 3.65. The third-order valence-electron chi connectivity index (χ3n) is 4.83. The molecule has 154 valence electrons. The van der Waals surface area contributed by atoms with Crippen LogP contribution >= 0.6 is 0 Å². The molecule has 0 saturated heterocycles. The molecule has 2 aromatic carbocycles. The Morgan fingerprint density at radius 2 is 2.03 bits per heavy atom. The zero-order valence-corrected chi connectivity index (χ0v) is 17.4. The van der Waals surface area contributed by atoms with Crippen LogP contribution in [0.2, 0.25) is 0 Å². The Labute approximate surface area is 175 Å². The van der Waals surface area contributed by atoms with Crippen molar-refractivity contribution in [2.45, 2.75) is 20.3 Å². The number of ether oxygens (including phenoxy) is 1. The van der Waals surface area contributed by atoms with Crippen molar-refractivity contribution >= 4 is 11.7 Å². The lowest BCUT2D eigenvalue weighted by Gasteiger charge is -2.24. The largest absolute Gasteiger partial charge is 0.494 e. The maximum atomic E-state index is 11.4. The summed E-state index contributed by atoms with van der Waals surface area (Å²) < 4.78 is 7.46. The number of nitriles is 1. The Hall–Kier alpha value is -3.79. The van der Waals surface area contributed by atoms with E-state index in [0.717, 1.165) is 16.7 Å². The summed E-state index contributed by atoms with van der Waals surface area (Å²) in [4.78, 5) is 15.3. The van der Waals surface area contributed by atoms with Gasteiger partial charge >= 0.3 is 5.97 Å². The van der Waals surface area contributed by atoms with E-state index in [1.165, 1.54) is 12.5 Å². The van der Waals surface area contributed by atoms with Gasteiger partial charge in [0, 0.05) is 18.8 Å². The molecule has 0 aliphatic carbocycles. The summed E-state index contributed by atoms with van der Waals surface area (Å²) in [5.41, 5.74) is 4.16. The van der Waals surface area contributed by atoms with Gasteiger partial charge in [-0.25, -0.2) is 9.78 Å². The third-order valence-corrected chi connectivity index (χ3v) is 4.83. The van der Waals surface area contributed by atoms with Crippen LogP contribution in [0.15, 0.2) is 42.9 Å². The third kappa shape index (κ3) is 3.72. The molecule has 0 spiro atoms. The normalized spacial score (nSPS) is 10.7. The molecule has 0 amide bonds. The Bertz CT molecular complexity index is 1110. The van der Waals surface area contributed by atoms with Crippen molar-refractivity contribution in [3.63, 3.8) is 0 Å². The van der Waals surface area contributed by atoms with E-state index >= 15 is 0 Å². The fraction of sp³-hybridized carbons (Fsp3) is 0.261. The fourth-order valence-electron chi connectivity index (χ4n) is 3.65. The van der Waals surface area contributed by atoms with E-state index < -0.39 is 5.97 Å². The standard InChI is InChI=1S/C23H24N4O3/c1-14(2)10-16-17(11-24)20(25-3)21(27-12-18(23(28)29)26-13-27)22(30-4)19(16)15-8-6-5-7-9-15/h5-9,12-14,25H,10H2,1-4H3,(H,28,29). The molecule has 0 bridgehead atoms. The number of methoxy groups -OCH3 is 1. The summed E-state index contributed by atoms with van der Waals surface area (Å²) in [7, 11) is 3.31. The van der Waals surface area contributed by atoms with Gasteiger partial charge in [-0.15, -0.1) is 0 Å². The highest BCUT2D eigenvalue weighted by molar-refractivity contribution is 5.90. The molecule has 0 unspecified atom stereocenters. The van der Waals surface area contributed by atoms with E-state index in [-0.39, 0.29) is 5.69 Å². The topological polar surface area (TPSA) is 100 Å². The molecule has 2 N–H and O–H groups in total. The van der Waals surface area contributed by atoms with E-state index in [1.807, 2.05) is 30.3 Å². The number of hydrogen-bond acceptors (Lipinski definition) is 5. The van der Waals surface area contributed by atoms with Crippen molar-refractivity contribution in [3.8, 4) is 28.6 Å². The highest BCUT2D eigenvalue weighted by atomic mass is 16.5. The quantitative estimate of drug-likeness (QED) is 0.607. The number of nitrogens with zero attached hydrogens (tertiary/aromatic N) is 3. The molecule has 1 aromatic heterocycles.